The number of rotatable bonds is 7. The maximum atomic E-state index is 9.71. The van der Waals surface area contributed by atoms with Crippen LogP contribution >= 0.6 is 0 Å². The Kier molecular flexibility index (Phi) is 5.95. The molecule has 1 rings (SSSR count). The minimum absolute atomic E-state index is 0.109. The van der Waals surface area contributed by atoms with E-state index in [9.17, 15) is 10.2 Å². The van der Waals surface area contributed by atoms with Crippen LogP contribution in [-0.4, -0.2) is 30.0 Å². The highest BCUT2D eigenvalue weighted by Gasteiger charge is 2.13. The Labute approximate surface area is 109 Å². The zero-order valence-electron chi connectivity index (χ0n) is 11.3. The summed E-state index contributed by atoms with van der Waals surface area (Å²) in [6, 6.07) is 4.64. The number of benzene rings is 1. The Hall–Kier alpha value is -1.26. The molecule has 1 aromatic rings. The minimum atomic E-state index is -0.117. The van der Waals surface area contributed by atoms with E-state index >= 15 is 0 Å². The largest absolute Gasteiger partial charge is 0.507 e. The third kappa shape index (κ3) is 4.55. The lowest BCUT2D eigenvalue weighted by Gasteiger charge is -2.17. The monoisotopic (exact) mass is 253 g/mol. The van der Waals surface area contributed by atoms with Gasteiger partial charge in [0.1, 0.15) is 11.5 Å². The van der Waals surface area contributed by atoms with Crippen LogP contribution in [0.4, 0.5) is 0 Å². The van der Waals surface area contributed by atoms with E-state index in [1.807, 2.05) is 6.92 Å². The van der Waals surface area contributed by atoms with Gasteiger partial charge < -0.3 is 20.3 Å². The molecule has 0 bridgehead atoms. The summed E-state index contributed by atoms with van der Waals surface area (Å²) < 4.78 is 5.45. The van der Waals surface area contributed by atoms with Gasteiger partial charge in [-0.25, -0.2) is 0 Å². The predicted molar refractivity (Wildman–Crippen MR) is 71.8 cm³/mol. The molecule has 3 N–H and O–H groups in total. The summed E-state index contributed by atoms with van der Waals surface area (Å²) in [5.74, 6) is 0.751. The first-order valence-corrected chi connectivity index (χ1v) is 6.34. The number of nitrogens with one attached hydrogen (secondary N) is 1. The van der Waals surface area contributed by atoms with E-state index in [2.05, 4.69) is 19.2 Å². The van der Waals surface area contributed by atoms with Gasteiger partial charge in [-0.05, 0) is 25.0 Å². The highest BCUT2D eigenvalue weighted by Crippen LogP contribution is 2.31. The molecule has 1 unspecified atom stereocenters. The Balaban J connectivity index is 2.39. The lowest BCUT2D eigenvalue weighted by Crippen LogP contribution is -2.24. The fourth-order valence-corrected chi connectivity index (χ4v) is 1.75. The van der Waals surface area contributed by atoms with E-state index in [0.29, 0.717) is 24.6 Å². The van der Waals surface area contributed by atoms with Gasteiger partial charge in [0, 0.05) is 19.2 Å². The van der Waals surface area contributed by atoms with E-state index in [1.54, 1.807) is 18.2 Å². The molecule has 0 aliphatic rings. The Bertz CT molecular complexity index is 346. The van der Waals surface area contributed by atoms with Crippen LogP contribution in [0.2, 0.25) is 0 Å². The second kappa shape index (κ2) is 7.24. The maximum absolute atomic E-state index is 9.71. The van der Waals surface area contributed by atoms with Crippen LogP contribution in [0.1, 0.15) is 32.4 Å². The number of hydrogen-bond donors (Lipinski definition) is 3. The Morgan fingerprint density at radius 1 is 1.17 bits per heavy atom. The molecular formula is C14H23NO3. The van der Waals surface area contributed by atoms with Crippen LogP contribution in [0.15, 0.2) is 18.2 Å². The summed E-state index contributed by atoms with van der Waals surface area (Å²) in [7, 11) is 0. The SMILES string of the molecule is CC(C)COCCNC(C)c1c(O)cccc1O. The maximum Gasteiger partial charge on any atom is 0.124 e. The summed E-state index contributed by atoms with van der Waals surface area (Å²) >= 11 is 0. The van der Waals surface area contributed by atoms with Crippen molar-refractivity contribution in [1.29, 1.82) is 0 Å². The molecule has 102 valence electrons. The highest BCUT2D eigenvalue weighted by molar-refractivity contribution is 5.44. The van der Waals surface area contributed by atoms with E-state index in [0.717, 1.165) is 6.61 Å². The van der Waals surface area contributed by atoms with Crippen LogP contribution in [0.5, 0.6) is 11.5 Å². The lowest BCUT2D eigenvalue weighted by atomic mass is 10.1. The van der Waals surface area contributed by atoms with Gasteiger partial charge in [0.15, 0.2) is 0 Å². The van der Waals surface area contributed by atoms with Crippen molar-refractivity contribution in [3.63, 3.8) is 0 Å². The summed E-state index contributed by atoms with van der Waals surface area (Å²) in [6.07, 6.45) is 0. The van der Waals surface area contributed by atoms with Crippen molar-refractivity contribution in [2.45, 2.75) is 26.8 Å². The number of aromatic hydroxyl groups is 2. The van der Waals surface area contributed by atoms with Crippen LogP contribution in [0, 0.1) is 5.92 Å². The average Bonchev–Trinajstić information content (AvgIpc) is 2.27. The first kappa shape index (κ1) is 14.8. The molecule has 0 saturated heterocycles. The molecule has 0 radical (unpaired) electrons. The van der Waals surface area contributed by atoms with Gasteiger partial charge in [-0.2, -0.15) is 0 Å². The summed E-state index contributed by atoms with van der Waals surface area (Å²) in [4.78, 5) is 0. The fraction of sp³-hybridized carbons (Fsp3) is 0.571. The van der Waals surface area contributed by atoms with Crippen LogP contribution in [-0.2, 0) is 4.74 Å². The van der Waals surface area contributed by atoms with Gasteiger partial charge in [-0.15, -0.1) is 0 Å². The highest BCUT2D eigenvalue weighted by atomic mass is 16.5. The molecule has 0 amide bonds. The van der Waals surface area contributed by atoms with E-state index < -0.39 is 0 Å². The van der Waals surface area contributed by atoms with E-state index in [-0.39, 0.29) is 17.5 Å². The second-order valence-corrected chi connectivity index (χ2v) is 4.85. The third-order valence-electron chi connectivity index (χ3n) is 2.64. The first-order valence-electron chi connectivity index (χ1n) is 6.34. The molecule has 0 heterocycles. The van der Waals surface area contributed by atoms with E-state index in [4.69, 9.17) is 4.74 Å². The summed E-state index contributed by atoms with van der Waals surface area (Å²) in [5.41, 5.74) is 0.529. The molecule has 0 aliphatic heterocycles. The molecule has 4 nitrogen and oxygen atoms in total. The van der Waals surface area contributed by atoms with Gasteiger partial charge >= 0.3 is 0 Å². The molecule has 1 aromatic carbocycles. The quantitative estimate of drug-likeness (QED) is 0.653. The molecule has 0 aromatic heterocycles. The van der Waals surface area contributed by atoms with Crippen molar-refractivity contribution >= 4 is 0 Å². The third-order valence-corrected chi connectivity index (χ3v) is 2.64. The van der Waals surface area contributed by atoms with Crippen LogP contribution in [0.25, 0.3) is 0 Å². The van der Waals surface area contributed by atoms with Crippen LogP contribution < -0.4 is 5.32 Å². The van der Waals surface area contributed by atoms with E-state index in [1.165, 1.54) is 0 Å². The molecule has 0 fully saturated rings. The zero-order chi connectivity index (χ0) is 13.5. The van der Waals surface area contributed by atoms with Crippen molar-refractivity contribution in [3.8, 4) is 11.5 Å². The molecule has 4 heteroatoms. The van der Waals surface area contributed by atoms with Crippen molar-refractivity contribution in [2.75, 3.05) is 19.8 Å². The Morgan fingerprint density at radius 3 is 2.33 bits per heavy atom. The molecule has 1 atom stereocenters. The van der Waals surface area contributed by atoms with Crippen LogP contribution in [0.3, 0.4) is 0 Å². The van der Waals surface area contributed by atoms with Gasteiger partial charge in [-0.3, -0.25) is 0 Å². The number of hydrogen-bond acceptors (Lipinski definition) is 4. The summed E-state index contributed by atoms with van der Waals surface area (Å²) in [6.45, 7) is 8.17. The summed E-state index contributed by atoms with van der Waals surface area (Å²) in [5, 5.41) is 22.6. The predicted octanol–water partition coefficient (Wildman–Crippen LogP) is 2.42. The number of phenols is 2. The molecule has 0 spiro atoms. The molecular weight excluding hydrogens is 230 g/mol. The fourth-order valence-electron chi connectivity index (χ4n) is 1.75. The van der Waals surface area contributed by atoms with Crippen molar-refractivity contribution in [3.05, 3.63) is 23.8 Å². The smallest absolute Gasteiger partial charge is 0.124 e. The van der Waals surface area contributed by atoms with Gasteiger partial charge in [0.05, 0.1) is 12.2 Å². The van der Waals surface area contributed by atoms with Crippen molar-refractivity contribution in [2.24, 2.45) is 5.92 Å². The zero-order valence-corrected chi connectivity index (χ0v) is 11.3. The topological polar surface area (TPSA) is 61.7 Å². The second-order valence-electron chi connectivity index (χ2n) is 4.85. The van der Waals surface area contributed by atoms with Gasteiger partial charge in [-0.1, -0.05) is 19.9 Å². The minimum Gasteiger partial charge on any atom is -0.507 e. The Morgan fingerprint density at radius 2 is 1.78 bits per heavy atom. The van der Waals surface area contributed by atoms with Gasteiger partial charge in [0.25, 0.3) is 0 Å². The van der Waals surface area contributed by atoms with Crippen molar-refractivity contribution < 1.29 is 14.9 Å². The lowest BCUT2D eigenvalue weighted by molar-refractivity contribution is 0.110. The average molecular weight is 253 g/mol. The number of ether oxygens (including phenoxy) is 1. The molecule has 18 heavy (non-hydrogen) atoms. The normalized spacial score (nSPS) is 12.9. The van der Waals surface area contributed by atoms with Crippen molar-refractivity contribution in [1.82, 2.24) is 5.32 Å². The molecule has 0 aliphatic carbocycles. The molecule has 0 saturated carbocycles. The first-order chi connectivity index (χ1) is 8.52. The standard InChI is InChI=1S/C14H23NO3/c1-10(2)9-18-8-7-15-11(3)14-12(16)5-4-6-13(14)17/h4-6,10-11,15-17H,7-9H2,1-3H3. The van der Waals surface area contributed by atoms with Gasteiger partial charge in [0.2, 0.25) is 0 Å². The number of phenolic OH excluding ortho intramolecular Hbond substituents is 2.